The smallest absolute Gasteiger partial charge is 0.259 e. The van der Waals surface area contributed by atoms with Gasteiger partial charge in [0.2, 0.25) is 5.92 Å². The Morgan fingerprint density at radius 1 is 1.29 bits per heavy atom. The van der Waals surface area contributed by atoms with Gasteiger partial charge in [-0.1, -0.05) is 12.1 Å². The molecule has 1 aliphatic rings. The van der Waals surface area contributed by atoms with Crippen molar-refractivity contribution in [2.24, 2.45) is 0 Å². The van der Waals surface area contributed by atoms with Crippen LogP contribution in [0.15, 0.2) is 30.5 Å². The highest BCUT2D eigenvalue weighted by atomic mass is 19.3. The third-order valence-electron chi connectivity index (χ3n) is 4.96. The molecule has 0 bridgehead atoms. The van der Waals surface area contributed by atoms with E-state index in [0.717, 1.165) is 5.56 Å². The van der Waals surface area contributed by atoms with E-state index < -0.39 is 11.8 Å². The lowest BCUT2D eigenvalue weighted by molar-refractivity contribution is -0.0102. The number of pyridine rings is 1. The lowest BCUT2D eigenvalue weighted by Gasteiger charge is -2.25. The number of carbonyl (C=O) groups is 1. The van der Waals surface area contributed by atoms with Crippen molar-refractivity contribution in [1.82, 2.24) is 4.98 Å². The van der Waals surface area contributed by atoms with E-state index in [1.54, 1.807) is 17.9 Å². The van der Waals surface area contributed by atoms with Gasteiger partial charge in [-0.15, -0.1) is 0 Å². The molecule has 0 radical (unpaired) electrons. The van der Waals surface area contributed by atoms with E-state index in [2.05, 4.69) is 10.3 Å². The summed E-state index contributed by atoms with van der Waals surface area (Å²) in [6.45, 7) is 4.09. The van der Waals surface area contributed by atoms with Crippen molar-refractivity contribution in [3.63, 3.8) is 0 Å². The maximum absolute atomic E-state index is 13.8. The van der Waals surface area contributed by atoms with Crippen LogP contribution in [0.2, 0.25) is 0 Å². The molecule has 0 atom stereocenters. The monoisotopic (exact) mass is 384 g/mol. The van der Waals surface area contributed by atoms with Gasteiger partial charge in [-0.3, -0.25) is 4.79 Å². The third kappa shape index (κ3) is 4.28. The first kappa shape index (κ1) is 19.7. The number of rotatable bonds is 3. The summed E-state index contributed by atoms with van der Waals surface area (Å²) in [4.78, 5) is 19.1. The van der Waals surface area contributed by atoms with Crippen molar-refractivity contribution in [2.75, 3.05) is 23.3 Å². The largest absolute Gasteiger partial charge is 0.356 e. The number of nitrogens with zero attached hydrogens (tertiary/aromatic N) is 3. The molecule has 7 heteroatoms. The fourth-order valence-corrected chi connectivity index (χ4v) is 3.41. The quantitative estimate of drug-likeness (QED) is 0.849. The van der Waals surface area contributed by atoms with Crippen molar-refractivity contribution in [3.05, 3.63) is 52.7 Å². The van der Waals surface area contributed by atoms with Crippen LogP contribution in [0.4, 0.5) is 20.3 Å². The highest BCUT2D eigenvalue weighted by molar-refractivity contribution is 6.09. The van der Waals surface area contributed by atoms with Crippen molar-refractivity contribution < 1.29 is 13.6 Å². The summed E-state index contributed by atoms with van der Waals surface area (Å²) in [6, 6.07) is 9.40. The second-order valence-corrected chi connectivity index (χ2v) is 7.13. The van der Waals surface area contributed by atoms with Crippen LogP contribution < -0.4 is 10.2 Å². The minimum atomic E-state index is -2.71. The standard InChI is InChI=1S/C21H22F2N4O/c1-14-5-3-6-17(11-14)26-20(28)18-15(2)16(12-24)13-25-19(18)27-9-4-7-21(22,23)8-10-27/h3,5-6,11,13H,4,7-10H2,1-2H3,(H,26,28). The predicted octanol–water partition coefficient (Wildman–Crippen LogP) is 4.45. The average molecular weight is 384 g/mol. The zero-order chi connectivity index (χ0) is 20.3. The molecule has 3 rings (SSSR count). The van der Waals surface area contributed by atoms with Gasteiger partial charge in [0.05, 0.1) is 11.1 Å². The van der Waals surface area contributed by atoms with Gasteiger partial charge < -0.3 is 10.2 Å². The van der Waals surface area contributed by atoms with E-state index in [9.17, 15) is 18.8 Å². The molecule has 0 saturated carbocycles. The van der Waals surface area contributed by atoms with Crippen LogP contribution in [-0.4, -0.2) is 29.9 Å². The highest BCUT2D eigenvalue weighted by Gasteiger charge is 2.33. The number of hydrogen-bond donors (Lipinski definition) is 1. The Bertz CT molecular complexity index is 936. The molecule has 146 valence electrons. The minimum absolute atomic E-state index is 0.107. The number of carbonyl (C=O) groups excluding carboxylic acids is 1. The molecule has 0 spiro atoms. The summed E-state index contributed by atoms with van der Waals surface area (Å²) in [5.74, 6) is -2.77. The van der Waals surface area contributed by atoms with Gasteiger partial charge in [0.15, 0.2) is 0 Å². The fourth-order valence-electron chi connectivity index (χ4n) is 3.41. The number of nitriles is 1. The molecular formula is C21H22F2N4O. The van der Waals surface area contributed by atoms with Crippen molar-refractivity contribution in [2.45, 2.75) is 39.0 Å². The van der Waals surface area contributed by atoms with E-state index in [4.69, 9.17) is 0 Å². The Morgan fingerprint density at radius 3 is 2.79 bits per heavy atom. The number of halogens is 2. The molecule has 1 N–H and O–H groups in total. The molecule has 1 aromatic carbocycles. The Hall–Kier alpha value is -3.01. The highest BCUT2D eigenvalue weighted by Crippen LogP contribution is 2.32. The van der Waals surface area contributed by atoms with Crippen LogP contribution in [0.5, 0.6) is 0 Å². The Balaban J connectivity index is 1.98. The topological polar surface area (TPSA) is 69.0 Å². The van der Waals surface area contributed by atoms with E-state index in [-0.39, 0.29) is 24.9 Å². The Kier molecular flexibility index (Phi) is 5.59. The van der Waals surface area contributed by atoms with Gasteiger partial charge >= 0.3 is 0 Å². The maximum atomic E-state index is 13.8. The molecule has 1 aromatic heterocycles. The van der Waals surface area contributed by atoms with Gasteiger partial charge in [0, 0.05) is 37.8 Å². The second kappa shape index (κ2) is 7.93. The molecule has 1 fully saturated rings. The summed E-state index contributed by atoms with van der Waals surface area (Å²) in [5.41, 5.74) is 2.66. The van der Waals surface area contributed by atoms with Crippen molar-refractivity contribution in [3.8, 4) is 6.07 Å². The number of nitrogens with one attached hydrogen (secondary N) is 1. The van der Waals surface area contributed by atoms with E-state index in [0.29, 0.717) is 35.6 Å². The lowest BCUT2D eigenvalue weighted by Crippen LogP contribution is -2.30. The zero-order valence-corrected chi connectivity index (χ0v) is 15.9. The van der Waals surface area contributed by atoms with Gasteiger partial charge in [-0.2, -0.15) is 5.26 Å². The third-order valence-corrected chi connectivity index (χ3v) is 4.96. The van der Waals surface area contributed by atoms with E-state index in [1.165, 1.54) is 6.20 Å². The maximum Gasteiger partial charge on any atom is 0.259 e. The number of hydrogen-bond acceptors (Lipinski definition) is 4. The summed E-state index contributed by atoms with van der Waals surface area (Å²) >= 11 is 0. The first-order chi connectivity index (χ1) is 13.3. The first-order valence-corrected chi connectivity index (χ1v) is 9.21. The molecule has 28 heavy (non-hydrogen) atoms. The molecular weight excluding hydrogens is 362 g/mol. The SMILES string of the molecule is Cc1cccc(NC(=O)c2c(N3CCCC(F)(F)CC3)ncc(C#N)c2C)c1. The molecule has 0 unspecified atom stereocenters. The molecule has 1 amide bonds. The first-order valence-electron chi connectivity index (χ1n) is 9.21. The number of aromatic nitrogens is 1. The van der Waals surface area contributed by atoms with Gasteiger partial charge in [0.25, 0.3) is 5.91 Å². The van der Waals surface area contributed by atoms with Crippen LogP contribution >= 0.6 is 0 Å². The Morgan fingerprint density at radius 2 is 2.07 bits per heavy atom. The van der Waals surface area contributed by atoms with Crippen molar-refractivity contribution in [1.29, 1.82) is 5.26 Å². The molecule has 1 saturated heterocycles. The normalized spacial score (nSPS) is 16.2. The number of aryl methyl sites for hydroxylation is 1. The Labute approximate surface area is 163 Å². The lowest BCUT2D eigenvalue weighted by atomic mass is 10.0. The molecule has 5 nitrogen and oxygen atoms in total. The van der Waals surface area contributed by atoms with E-state index >= 15 is 0 Å². The van der Waals surface area contributed by atoms with E-state index in [1.807, 2.05) is 31.2 Å². The second-order valence-electron chi connectivity index (χ2n) is 7.13. The number of benzene rings is 1. The molecule has 2 aromatic rings. The summed E-state index contributed by atoms with van der Waals surface area (Å²) in [7, 11) is 0. The van der Waals surface area contributed by atoms with Crippen LogP contribution in [0.3, 0.4) is 0 Å². The van der Waals surface area contributed by atoms with Crippen LogP contribution in [-0.2, 0) is 0 Å². The fraction of sp³-hybridized carbons (Fsp3) is 0.381. The van der Waals surface area contributed by atoms with Crippen molar-refractivity contribution >= 4 is 17.4 Å². The summed E-state index contributed by atoms with van der Waals surface area (Å²) in [5, 5.41) is 12.2. The zero-order valence-electron chi connectivity index (χ0n) is 15.9. The van der Waals surface area contributed by atoms with Crippen LogP contribution in [0.25, 0.3) is 0 Å². The number of alkyl halides is 2. The average Bonchev–Trinajstić information content (AvgIpc) is 2.82. The summed E-state index contributed by atoms with van der Waals surface area (Å²) < 4.78 is 27.5. The minimum Gasteiger partial charge on any atom is -0.356 e. The summed E-state index contributed by atoms with van der Waals surface area (Å²) in [6.07, 6.45) is 1.25. The number of anilines is 2. The van der Waals surface area contributed by atoms with Crippen LogP contribution in [0, 0.1) is 25.2 Å². The molecule has 2 heterocycles. The van der Waals surface area contributed by atoms with Gasteiger partial charge in [0.1, 0.15) is 11.9 Å². The molecule has 0 aliphatic carbocycles. The predicted molar refractivity (Wildman–Crippen MR) is 104 cm³/mol. The number of amides is 1. The van der Waals surface area contributed by atoms with Gasteiger partial charge in [-0.05, 0) is 43.5 Å². The van der Waals surface area contributed by atoms with Gasteiger partial charge in [-0.25, -0.2) is 13.8 Å². The molecule has 1 aliphatic heterocycles. The van der Waals surface area contributed by atoms with Crippen LogP contribution in [0.1, 0.15) is 46.3 Å².